The average Bonchev–Trinajstić information content (AvgIpc) is 1.62. The molecular weight excluding hydrogens is 1070 g/mol. The van der Waals surface area contributed by atoms with E-state index in [1.807, 2.05) is 48.5 Å². The van der Waals surface area contributed by atoms with E-state index < -0.39 is 71.4 Å². The lowest BCUT2D eigenvalue weighted by molar-refractivity contribution is -0.166. The molecule has 5 aromatic carbocycles. The van der Waals surface area contributed by atoms with Crippen molar-refractivity contribution in [1.82, 2.24) is 29.6 Å². The number of fused-ring (bicyclic) bond motifs is 2. The van der Waals surface area contributed by atoms with E-state index >= 15 is 0 Å². The highest BCUT2D eigenvalue weighted by molar-refractivity contribution is 6.08. The summed E-state index contributed by atoms with van der Waals surface area (Å²) in [6.45, 7) is 7.27. The van der Waals surface area contributed by atoms with E-state index in [4.69, 9.17) is 15.2 Å². The number of hydrogen-bond acceptors (Lipinski definition) is 12. The first-order valence-electron chi connectivity index (χ1n) is 28.3. The Kier molecular flexibility index (Phi) is 16.9. The van der Waals surface area contributed by atoms with E-state index in [0.29, 0.717) is 43.3 Å². The molecule has 0 spiro atoms. The number of carbonyl (C=O) groups excluding carboxylic acids is 5. The second kappa shape index (κ2) is 24.6. The number of nitrogens with two attached hydrogens (primary N) is 1. The van der Waals surface area contributed by atoms with Crippen LogP contribution in [0.2, 0.25) is 0 Å². The molecule has 84 heavy (non-hydrogen) atoms. The number of carboxylic acid groups (broad SMARTS) is 2. The van der Waals surface area contributed by atoms with Crippen LogP contribution in [0.3, 0.4) is 0 Å². The fraction of sp³-hybridized carbons (Fsp3) is 0.338. The number of pyridine rings is 2. The topological polar surface area (TPSA) is 246 Å². The molecule has 6 heterocycles. The lowest BCUT2D eigenvalue weighted by atomic mass is 9.82. The summed E-state index contributed by atoms with van der Waals surface area (Å²) in [6.07, 6.45) is 6.03. The zero-order valence-corrected chi connectivity index (χ0v) is 47.4. The molecule has 4 saturated heterocycles. The Morgan fingerprint density at radius 2 is 1.10 bits per heavy atom. The standard InChI is InChI=1S/C39H42N4O7.C26H26N4O4/c1-39(2,3)50-38(48)42(23-25-14-16-29(49-4)17-15-25)33-22-26(18-19-40-33)21-32-34(36(45)46)43(35(32)44)37(47)41-20-8-11-28(24-41)31-13-7-10-27-9-5-6-12-30(27)31;27-22-14-16(10-11-28-22)13-21-23(25(32)33)30(24(21)31)26(34)29-12-4-7-18(15-29)20-9-3-6-17-5-1-2-8-19(17)20/h5-7,9-10,12-19,22,28,32,34H,8,11,20-21,23-24H2,1-4H3,(H,45,46);1-3,5-6,8-11,14,18,21,23H,4,7,12-13,15H2,(H2,27,28)(H,32,33)/t28?,32-,34+;18?,21-,23+/m11/s1. The van der Waals surface area contributed by atoms with Crippen LogP contribution in [0.25, 0.3) is 21.5 Å². The number of nitrogen functional groups attached to an aromatic ring is 1. The van der Waals surface area contributed by atoms with E-state index in [9.17, 15) is 43.8 Å². The van der Waals surface area contributed by atoms with Crippen molar-refractivity contribution in [2.24, 2.45) is 11.8 Å². The van der Waals surface area contributed by atoms with Crippen LogP contribution >= 0.6 is 0 Å². The second-order valence-electron chi connectivity index (χ2n) is 22.9. The third-order valence-corrected chi connectivity index (χ3v) is 16.2. The van der Waals surface area contributed by atoms with E-state index in [0.717, 1.165) is 73.7 Å². The van der Waals surface area contributed by atoms with Crippen molar-refractivity contribution >= 4 is 75.1 Å². The summed E-state index contributed by atoms with van der Waals surface area (Å²) in [6, 6.07) is 38.9. The smallest absolute Gasteiger partial charge is 0.416 e. The first-order chi connectivity index (χ1) is 40.4. The maximum Gasteiger partial charge on any atom is 0.416 e. The summed E-state index contributed by atoms with van der Waals surface area (Å²) >= 11 is 0. The fourth-order valence-electron chi connectivity index (χ4n) is 12.1. The van der Waals surface area contributed by atoms with Gasteiger partial charge in [0.25, 0.3) is 0 Å². The molecule has 4 N–H and O–H groups in total. The van der Waals surface area contributed by atoms with Crippen molar-refractivity contribution in [2.75, 3.05) is 43.9 Å². The third kappa shape index (κ3) is 12.4. The molecule has 0 saturated carbocycles. The zero-order valence-electron chi connectivity index (χ0n) is 47.4. The summed E-state index contributed by atoms with van der Waals surface area (Å²) in [5.41, 5.74) is 9.39. The predicted octanol–water partition coefficient (Wildman–Crippen LogP) is 9.91. The van der Waals surface area contributed by atoms with Gasteiger partial charge in [-0.05, 0) is 145 Å². The molecular formula is C65H68N8O11. The highest BCUT2D eigenvalue weighted by atomic mass is 16.6. The minimum atomic E-state index is -1.31. The highest BCUT2D eigenvalue weighted by Gasteiger charge is 2.57. The molecule has 7 aromatic rings. The third-order valence-electron chi connectivity index (χ3n) is 16.2. The number of ether oxygens (including phenoxy) is 2. The van der Waals surface area contributed by atoms with Crippen molar-refractivity contribution in [3.05, 3.63) is 174 Å². The second-order valence-corrected chi connectivity index (χ2v) is 22.9. The maximum atomic E-state index is 13.8. The number of β-lactam (4-membered cyclic amide) rings is 2. The fourth-order valence-corrected chi connectivity index (χ4v) is 12.1. The lowest BCUT2D eigenvalue weighted by Gasteiger charge is -2.46. The van der Waals surface area contributed by atoms with Crippen molar-refractivity contribution in [3.8, 4) is 5.75 Å². The van der Waals surface area contributed by atoms with E-state index in [2.05, 4.69) is 58.5 Å². The number of nitrogens with zero attached hydrogens (tertiary/aromatic N) is 7. The molecule has 11 rings (SSSR count). The first-order valence-corrected chi connectivity index (χ1v) is 28.3. The normalized spacial score (nSPS) is 20.5. The van der Waals surface area contributed by atoms with Crippen LogP contribution in [-0.4, -0.2) is 133 Å². The molecule has 19 heteroatoms. The van der Waals surface area contributed by atoms with Crippen LogP contribution in [0.15, 0.2) is 146 Å². The Labute approximate surface area is 486 Å². The number of likely N-dealkylation sites (tertiary alicyclic amines) is 4. The molecule has 2 aromatic heterocycles. The molecule has 0 aliphatic carbocycles. The van der Waals surface area contributed by atoms with Crippen LogP contribution in [0, 0.1) is 11.8 Å². The molecule has 4 fully saturated rings. The maximum absolute atomic E-state index is 13.8. The minimum Gasteiger partial charge on any atom is -0.497 e. The van der Waals surface area contributed by atoms with Gasteiger partial charge < -0.3 is 35.2 Å². The molecule has 2 unspecified atom stereocenters. The van der Waals surface area contributed by atoms with Gasteiger partial charge in [0.2, 0.25) is 11.8 Å². The number of carboxylic acids is 2. The van der Waals surface area contributed by atoms with Crippen molar-refractivity contribution in [1.29, 1.82) is 0 Å². The van der Waals surface area contributed by atoms with Gasteiger partial charge in [0.1, 0.15) is 23.0 Å². The molecule has 0 radical (unpaired) electrons. The SMILES string of the molecule is COc1ccc(CN(C(=O)OC(C)(C)C)c2cc(C[C@H]3C(=O)N(C(=O)N4CCCC(c5cccc6ccccc56)C4)[C@@H]3C(=O)O)ccn2)cc1.Nc1cc(C[C@H]2C(=O)N(C(=O)N3CCCC(c4cccc5ccccc45)C3)[C@@H]2C(=O)O)ccn1. The Morgan fingerprint density at radius 1 is 0.619 bits per heavy atom. The van der Waals surface area contributed by atoms with Crippen LogP contribution in [-0.2, 0) is 43.3 Å². The summed E-state index contributed by atoms with van der Waals surface area (Å²) in [7, 11) is 1.57. The summed E-state index contributed by atoms with van der Waals surface area (Å²) in [5, 5.41) is 24.6. The number of urea groups is 2. The number of anilines is 2. The van der Waals surface area contributed by atoms with Crippen LogP contribution in [0.4, 0.5) is 26.0 Å². The van der Waals surface area contributed by atoms with E-state index in [1.165, 1.54) is 22.9 Å². The number of amides is 7. The first kappa shape index (κ1) is 57.8. The largest absolute Gasteiger partial charge is 0.497 e. The average molecular weight is 1140 g/mol. The summed E-state index contributed by atoms with van der Waals surface area (Å²) < 4.78 is 10.9. The summed E-state index contributed by atoms with van der Waals surface area (Å²) in [5.74, 6) is -3.72. The van der Waals surface area contributed by atoms with Gasteiger partial charge in [-0.1, -0.05) is 97.1 Å². The summed E-state index contributed by atoms with van der Waals surface area (Å²) in [4.78, 5) is 106. The van der Waals surface area contributed by atoms with Gasteiger partial charge in [-0.3, -0.25) is 14.5 Å². The quantitative estimate of drug-likeness (QED) is 0.0964. The number of piperidine rings is 2. The molecule has 0 bridgehead atoms. The van der Waals surface area contributed by atoms with Crippen molar-refractivity contribution in [2.45, 2.75) is 95.4 Å². The highest BCUT2D eigenvalue weighted by Crippen LogP contribution is 2.39. The number of methoxy groups -OCH3 is 1. The number of rotatable bonds is 12. The Hall–Kier alpha value is -9.39. The number of benzene rings is 5. The van der Waals surface area contributed by atoms with Crippen molar-refractivity contribution in [3.63, 3.8) is 0 Å². The van der Waals surface area contributed by atoms with Crippen molar-refractivity contribution < 1.29 is 53.2 Å². The molecule has 434 valence electrons. The number of carbonyl (C=O) groups is 7. The monoisotopic (exact) mass is 1140 g/mol. The van der Waals surface area contributed by atoms with E-state index in [1.54, 1.807) is 74.1 Å². The van der Waals surface area contributed by atoms with Crippen LogP contribution in [0.1, 0.15) is 86.1 Å². The number of aliphatic carboxylic acids is 2. The Morgan fingerprint density at radius 3 is 1.57 bits per heavy atom. The molecule has 6 atom stereocenters. The zero-order chi connectivity index (χ0) is 59.4. The molecule has 4 aliphatic rings. The van der Waals surface area contributed by atoms with Gasteiger partial charge in [0.15, 0.2) is 12.1 Å². The lowest BCUT2D eigenvalue weighted by Crippen LogP contribution is -2.69. The van der Waals surface area contributed by atoms with Gasteiger partial charge in [-0.25, -0.2) is 43.7 Å². The Balaban J connectivity index is 0.000000201. The number of aromatic nitrogens is 2. The van der Waals surface area contributed by atoms with Gasteiger partial charge in [0.05, 0.1) is 25.5 Å². The molecule has 19 nitrogen and oxygen atoms in total. The van der Waals surface area contributed by atoms with Gasteiger partial charge in [-0.2, -0.15) is 0 Å². The molecule has 4 aliphatic heterocycles. The minimum absolute atomic E-state index is 0.0540. The van der Waals surface area contributed by atoms with Crippen LogP contribution < -0.4 is 15.4 Å². The van der Waals surface area contributed by atoms with Crippen LogP contribution in [0.5, 0.6) is 5.75 Å². The molecule has 7 amide bonds. The predicted molar refractivity (Wildman–Crippen MR) is 315 cm³/mol. The van der Waals surface area contributed by atoms with Gasteiger partial charge >= 0.3 is 30.1 Å². The number of imide groups is 2. The number of hydrogen-bond donors (Lipinski definition) is 3. The Bertz CT molecular complexity index is 3630. The van der Waals surface area contributed by atoms with Gasteiger partial charge in [0, 0.05) is 50.4 Å². The van der Waals surface area contributed by atoms with E-state index in [-0.39, 0.29) is 37.0 Å². The van der Waals surface area contributed by atoms with Gasteiger partial charge in [-0.15, -0.1) is 0 Å².